The van der Waals surface area contributed by atoms with E-state index in [-0.39, 0.29) is 29.7 Å². The van der Waals surface area contributed by atoms with Crippen LogP contribution in [0.2, 0.25) is 0 Å². The summed E-state index contributed by atoms with van der Waals surface area (Å²) in [7, 11) is 0. The average molecular weight is 579 g/mol. The molecule has 1 saturated heterocycles. The first-order valence-electron chi connectivity index (χ1n) is 13.8. The zero-order chi connectivity index (χ0) is 29.3. The number of fused-ring (bicyclic) bond motifs is 1. The molecule has 8 nitrogen and oxygen atoms in total. The van der Waals surface area contributed by atoms with Gasteiger partial charge in [0.2, 0.25) is 5.88 Å². The van der Waals surface area contributed by atoms with Crippen LogP contribution in [-0.4, -0.2) is 56.3 Å². The summed E-state index contributed by atoms with van der Waals surface area (Å²) in [4.78, 5) is 23.2. The summed E-state index contributed by atoms with van der Waals surface area (Å²) in [6.45, 7) is 3.11. The zero-order valence-corrected chi connectivity index (χ0v) is 22.7. The predicted octanol–water partition coefficient (Wildman–Crippen LogP) is 5.81. The lowest BCUT2D eigenvalue weighted by Gasteiger charge is -2.29. The van der Waals surface area contributed by atoms with Crippen molar-refractivity contribution in [2.45, 2.75) is 44.8 Å². The van der Waals surface area contributed by atoms with Gasteiger partial charge in [-0.2, -0.15) is 13.2 Å². The minimum atomic E-state index is -4.45. The van der Waals surface area contributed by atoms with Crippen LogP contribution in [-0.2, 0) is 30.6 Å². The molecule has 218 valence electrons. The highest BCUT2D eigenvalue weighted by Gasteiger charge is 2.33. The predicted molar refractivity (Wildman–Crippen MR) is 149 cm³/mol. The number of alkyl halides is 3. The van der Waals surface area contributed by atoms with E-state index in [2.05, 4.69) is 20.5 Å². The quantitative estimate of drug-likeness (QED) is 0.268. The van der Waals surface area contributed by atoms with Crippen molar-refractivity contribution in [3.63, 3.8) is 0 Å². The van der Waals surface area contributed by atoms with Crippen molar-refractivity contribution in [2.24, 2.45) is 0 Å². The fourth-order valence-electron chi connectivity index (χ4n) is 5.30. The molecule has 11 heteroatoms. The Balaban J connectivity index is 1.15. The molecule has 42 heavy (non-hydrogen) atoms. The summed E-state index contributed by atoms with van der Waals surface area (Å²) in [5.41, 5.74) is 2.86. The van der Waals surface area contributed by atoms with Crippen molar-refractivity contribution < 1.29 is 32.5 Å². The average Bonchev–Trinajstić information content (AvgIpc) is 3.29. The molecule has 4 heterocycles. The molecule has 1 fully saturated rings. The van der Waals surface area contributed by atoms with Gasteiger partial charge in [-0.15, -0.1) is 0 Å². The topological polar surface area (TPSA) is 89.7 Å². The molecule has 0 bridgehead atoms. The molecule has 1 N–H and O–H groups in total. The molecular weight excluding hydrogens is 549 g/mol. The number of carbonyl (C=O) groups is 1. The third kappa shape index (κ3) is 6.02. The molecule has 2 aliphatic heterocycles. The highest BCUT2D eigenvalue weighted by atomic mass is 19.4. The molecule has 0 saturated carbocycles. The maximum atomic E-state index is 13.3. The summed E-state index contributed by atoms with van der Waals surface area (Å²) < 4.78 is 53.4. The van der Waals surface area contributed by atoms with Crippen LogP contribution in [0.5, 0.6) is 5.88 Å². The molecule has 0 spiro atoms. The lowest BCUT2D eigenvalue weighted by Crippen LogP contribution is -2.33. The highest BCUT2D eigenvalue weighted by molar-refractivity contribution is 5.92. The van der Waals surface area contributed by atoms with Crippen molar-refractivity contribution in [1.82, 2.24) is 19.4 Å². The summed E-state index contributed by atoms with van der Waals surface area (Å²) in [5.74, 6) is 0.141. The van der Waals surface area contributed by atoms with Crippen molar-refractivity contribution in [3.8, 4) is 5.88 Å². The third-order valence-corrected chi connectivity index (χ3v) is 7.66. The highest BCUT2D eigenvalue weighted by Crippen LogP contribution is 2.32. The molecule has 0 radical (unpaired) electrons. The van der Waals surface area contributed by atoms with Gasteiger partial charge in [0.15, 0.2) is 0 Å². The first-order valence-corrected chi connectivity index (χ1v) is 13.8. The van der Waals surface area contributed by atoms with Crippen LogP contribution in [0, 0.1) is 0 Å². The fraction of sp³-hybridized carbons (Fsp3) is 0.323. The smallest absolute Gasteiger partial charge is 0.416 e. The van der Waals surface area contributed by atoms with Gasteiger partial charge in [0.25, 0.3) is 0 Å². The van der Waals surface area contributed by atoms with Crippen LogP contribution in [0.1, 0.15) is 45.8 Å². The standard InChI is InChI=1S/C31H29F3N4O4/c32-31(33,34)24-5-2-1-4-22(24)19-42-29-7-3-6-25(36-29)20-10-13-37(14-11-20)18-28-35-26-9-8-21(30(39)40)16-27(26)38(28)17-23-12-15-41-23/h1-10,16,23H,11-15,17-19H2,(H,39,40)/t23-/m0/s1. The molecule has 2 aromatic heterocycles. The van der Waals surface area contributed by atoms with E-state index in [1.807, 2.05) is 6.07 Å². The van der Waals surface area contributed by atoms with Crippen LogP contribution in [0.15, 0.2) is 66.7 Å². The molecule has 6 rings (SSSR count). The molecule has 0 amide bonds. The fourth-order valence-corrected chi connectivity index (χ4v) is 5.30. The van der Waals surface area contributed by atoms with Gasteiger partial charge in [0, 0.05) is 31.3 Å². The Bertz CT molecular complexity index is 1640. The number of aromatic nitrogens is 3. The number of pyridine rings is 1. The zero-order valence-electron chi connectivity index (χ0n) is 22.7. The van der Waals surface area contributed by atoms with Gasteiger partial charge >= 0.3 is 12.1 Å². The van der Waals surface area contributed by atoms with E-state index >= 15 is 0 Å². The van der Waals surface area contributed by atoms with Crippen LogP contribution in [0.25, 0.3) is 16.6 Å². The van der Waals surface area contributed by atoms with Crippen LogP contribution in [0.4, 0.5) is 13.2 Å². The van der Waals surface area contributed by atoms with Gasteiger partial charge in [-0.3, -0.25) is 4.90 Å². The number of carboxylic acid groups (broad SMARTS) is 1. The second-order valence-corrected chi connectivity index (χ2v) is 10.4. The first-order chi connectivity index (χ1) is 20.2. The Morgan fingerprint density at radius 3 is 2.64 bits per heavy atom. The number of halogens is 3. The van der Waals surface area contributed by atoms with E-state index in [4.69, 9.17) is 14.5 Å². The van der Waals surface area contributed by atoms with E-state index < -0.39 is 17.7 Å². The number of ether oxygens (including phenoxy) is 2. The van der Waals surface area contributed by atoms with Gasteiger partial charge < -0.3 is 19.1 Å². The molecule has 0 unspecified atom stereocenters. The number of carboxylic acids is 1. The van der Waals surface area contributed by atoms with E-state index in [0.29, 0.717) is 19.6 Å². The van der Waals surface area contributed by atoms with Gasteiger partial charge in [0.1, 0.15) is 12.4 Å². The molecule has 4 aromatic rings. The van der Waals surface area contributed by atoms with E-state index in [0.717, 1.165) is 60.2 Å². The van der Waals surface area contributed by atoms with E-state index in [9.17, 15) is 23.1 Å². The number of imidazole rings is 1. The van der Waals surface area contributed by atoms with Crippen LogP contribution in [0.3, 0.4) is 0 Å². The number of hydrogen-bond donors (Lipinski definition) is 1. The maximum Gasteiger partial charge on any atom is 0.416 e. The lowest BCUT2D eigenvalue weighted by atomic mass is 10.0. The largest absolute Gasteiger partial charge is 0.478 e. The molecule has 2 aliphatic rings. The summed E-state index contributed by atoms with van der Waals surface area (Å²) >= 11 is 0. The number of nitrogens with zero attached hydrogens (tertiary/aromatic N) is 4. The minimum absolute atomic E-state index is 0.0544. The van der Waals surface area contributed by atoms with Crippen LogP contribution >= 0.6 is 0 Å². The van der Waals surface area contributed by atoms with Gasteiger partial charge in [-0.05, 0) is 48.7 Å². The van der Waals surface area contributed by atoms with Gasteiger partial charge in [-0.25, -0.2) is 14.8 Å². The Morgan fingerprint density at radius 2 is 1.93 bits per heavy atom. The Kier molecular flexibility index (Phi) is 7.70. The second-order valence-electron chi connectivity index (χ2n) is 10.4. The number of hydrogen-bond acceptors (Lipinski definition) is 6. The first kappa shape index (κ1) is 27.9. The third-order valence-electron chi connectivity index (χ3n) is 7.66. The summed E-state index contributed by atoms with van der Waals surface area (Å²) in [6, 6.07) is 15.7. The monoisotopic (exact) mass is 578 g/mol. The molecular formula is C31H29F3N4O4. The maximum absolute atomic E-state index is 13.3. The second kappa shape index (κ2) is 11.6. The van der Waals surface area contributed by atoms with Crippen LogP contribution < -0.4 is 4.74 Å². The van der Waals surface area contributed by atoms with E-state index in [1.54, 1.807) is 36.4 Å². The van der Waals surface area contributed by atoms with Crippen molar-refractivity contribution >= 4 is 22.6 Å². The van der Waals surface area contributed by atoms with Gasteiger partial charge in [0.05, 0.1) is 47.0 Å². The number of benzene rings is 2. The lowest BCUT2D eigenvalue weighted by molar-refractivity contribution is -0.138. The molecule has 1 atom stereocenters. The summed E-state index contributed by atoms with van der Waals surface area (Å²) in [6.07, 6.45) is -0.589. The number of rotatable bonds is 9. The SMILES string of the molecule is O=C(O)c1ccc2nc(CN3CC=C(c4cccc(OCc5ccccc5C(F)(F)F)n4)CC3)n(C[C@@H]3CCO3)c2c1. The van der Waals surface area contributed by atoms with Crippen molar-refractivity contribution in [2.75, 3.05) is 19.7 Å². The van der Waals surface area contributed by atoms with Gasteiger partial charge in [-0.1, -0.05) is 30.3 Å². The Hall–Kier alpha value is -4.22. The van der Waals surface area contributed by atoms with Crippen molar-refractivity contribution in [3.05, 3.63) is 94.9 Å². The van der Waals surface area contributed by atoms with Crippen molar-refractivity contribution in [1.29, 1.82) is 0 Å². The summed E-state index contributed by atoms with van der Waals surface area (Å²) in [5, 5.41) is 9.48. The Morgan fingerprint density at radius 1 is 1.10 bits per heavy atom. The molecule has 2 aromatic carbocycles. The molecule has 0 aliphatic carbocycles. The normalized spacial score (nSPS) is 17.6. The van der Waals surface area contributed by atoms with E-state index in [1.165, 1.54) is 12.1 Å². The number of aromatic carboxylic acids is 1. The Labute approximate surface area is 240 Å². The minimum Gasteiger partial charge on any atom is -0.478 e.